The molecule has 3 fully saturated rings. The fourth-order valence-electron chi connectivity index (χ4n) is 6.54. The van der Waals surface area contributed by atoms with E-state index in [1.165, 1.54) is 37.4 Å². The van der Waals surface area contributed by atoms with Gasteiger partial charge in [-0.2, -0.15) is 0 Å². The number of hydrogen-bond acceptors (Lipinski definition) is 5. The summed E-state index contributed by atoms with van der Waals surface area (Å²) in [4.78, 5) is 37.9. The van der Waals surface area contributed by atoms with Crippen LogP contribution in [0.4, 0.5) is 18.9 Å². The fraction of sp³-hybridized carbons (Fsp3) is 0.500. The maximum Gasteiger partial charge on any atom is 0.263 e. The molecular weight excluding hydrogens is 525 g/mol. The van der Waals surface area contributed by atoms with Gasteiger partial charge in [-0.15, -0.1) is 0 Å². The predicted molar refractivity (Wildman–Crippen MR) is 141 cm³/mol. The molecule has 2 aromatic rings. The molecule has 0 heterocycles. The number of hydrogen-bond donors (Lipinski definition) is 2. The quantitative estimate of drug-likeness (QED) is 0.386. The van der Waals surface area contributed by atoms with Crippen molar-refractivity contribution in [1.82, 2.24) is 5.32 Å². The first-order valence-corrected chi connectivity index (χ1v) is 13.8. The first-order chi connectivity index (χ1) is 19.3. The highest BCUT2D eigenvalue weighted by Crippen LogP contribution is 2.49. The average molecular weight is 559 g/mol. The van der Waals surface area contributed by atoms with Crippen molar-refractivity contribution in [2.45, 2.75) is 63.5 Å². The van der Waals surface area contributed by atoms with Crippen molar-refractivity contribution in [3.63, 3.8) is 0 Å². The van der Waals surface area contributed by atoms with E-state index in [1.807, 2.05) is 0 Å². The topological polar surface area (TPSA) is 93.7 Å². The highest BCUT2D eigenvalue weighted by atomic mass is 19.3. The lowest BCUT2D eigenvalue weighted by Crippen LogP contribution is -2.48. The van der Waals surface area contributed by atoms with Crippen LogP contribution in [0.3, 0.4) is 0 Å². The molecule has 0 spiro atoms. The summed E-state index contributed by atoms with van der Waals surface area (Å²) in [7, 11) is 1.35. The average Bonchev–Trinajstić information content (AvgIpc) is 3.56. The molecule has 2 bridgehead atoms. The summed E-state index contributed by atoms with van der Waals surface area (Å²) in [6.07, 6.45) is 3.19. The number of carbonyl (C=O) groups is 3. The Morgan fingerprint density at radius 2 is 1.68 bits per heavy atom. The van der Waals surface area contributed by atoms with Crippen LogP contribution < -0.4 is 20.1 Å². The first-order valence-electron chi connectivity index (χ1n) is 13.8. The summed E-state index contributed by atoms with van der Waals surface area (Å²) in [5.41, 5.74) is 0.379. The molecule has 214 valence electrons. The van der Waals surface area contributed by atoms with Crippen LogP contribution in [0.2, 0.25) is 0 Å². The number of aldehydes is 1. The molecule has 3 aliphatic rings. The summed E-state index contributed by atoms with van der Waals surface area (Å²) in [5.74, 6) is -1.73. The Labute approximate surface area is 230 Å². The third-order valence-electron chi connectivity index (χ3n) is 8.65. The Morgan fingerprint density at radius 1 is 0.975 bits per heavy atom. The van der Waals surface area contributed by atoms with Gasteiger partial charge in [0, 0.05) is 29.3 Å². The van der Waals surface area contributed by atoms with Gasteiger partial charge < -0.3 is 24.9 Å². The molecule has 2 amide bonds. The van der Waals surface area contributed by atoms with Crippen molar-refractivity contribution in [1.29, 1.82) is 0 Å². The lowest BCUT2D eigenvalue weighted by molar-refractivity contribution is -0.122. The van der Waals surface area contributed by atoms with Crippen LogP contribution >= 0.6 is 0 Å². The van der Waals surface area contributed by atoms with E-state index >= 15 is 0 Å². The molecule has 2 N–H and O–H groups in total. The number of amides is 2. The number of alkyl halides is 2. The molecule has 2 aromatic carbocycles. The highest BCUT2D eigenvalue weighted by Gasteiger charge is 2.51. The van der Waals surface area contributed by atoms with Gasteiger partial charge in [-0.1, -0.05) is 12.1 Å². The van der Waals surface area contributed by atoms with Crippen LogP contribution in [-0.2, 0) is 9.59 Å². The third-order valence-corrected chi connectivity index (χ3v) is 8.65. The van der Waals surface area contributed by atoms with Crippen molar-refractivity contribution in [2.24, 2.45) is 23.7 Å². The van der Waals surface area contributed by atoms with Gasteiger partial charge >= 0.3 is 0 Å². The summed E-state index contributed by atoms with van der Waals surface area (Å²) in [6.45, 7) is 0. The van der Waals surface area contributed by atoms with Gasteiger partial charge in [0.05, 0.1) is 24.7 Å². The van der Waals surface area contributed by atoms with Crippen molar-refractivity contribution in [2.75, 3.05) is 12.4 Å². The van der Waals surface area contributed by atoms with Gasteiger partial charge in [0.25, 0.3) is 12.3 Å². The molecule has 40 heavy (non-hydrogen) atoms. The Morgan fingerprint density at radius 3 is 2.33 bits per heavy atom. The molecule has 4 unspecified atom stereocenters. The van der Waals surface area contributed by atoms with Gasteiger partial charge in [-0.25, -0.2) is 13.2 Å². The van der Waals surface area contributed by atoms with Crippen molar-refractivity contribution >= 4 is 23.8 Å². The SMILES string of the molecule is COc1cc(F)c(OC2CCC(C=O)CC2)cc1C(=O)NC1C2CCC(C2)C1C(=O)Nc1ccc(C(F)F)cc1. The molecule has 10 heteroatoms. The normalized spacial score (nSPS) is 27.3. The smallest absolute Gasteiger partial charge is 0.263 e. The molecule has 7 nitrogen and oxygen atoms in total. The van der Waals surface area contributed by atoms with E-state index in [0.29, 0.717) is 31.4 Å². The largest absolute Gasteiger partial charge is 0.496 e. The number of nitrogens with one attached hydrogen (secondary N) is 2. The number of carbonyl (C=O) groups excluding carboxylic acids is 3. The van der Waals surface area contributed by atoms with Crippen LogP contribution in [-0.4, -0.2) is 37.4 Å². The van der Waals surface area contributed by atoms with Gasteiger partial charge in [-0.05, 0) is 75.0 Å². The van der Waals surface area contributed by atoms with Crippen molar-refractivity contribution < 1.29 is 37.0 Å². The number of ether oxygens (including phenoxy) is 2. The Hall–Kier alpha value is -3.56. The number of methoxy groups -OCH3 is 1. The zero-order valence-corrected chi connectivity index (χ0v) is 22.2. The van der Waals surface area contributed by atoms with E-state index in [9.17, 15) is 27.6 Å². The van der Waals surface area contributed by atoms with Crippen LogP contribution in [0.25, 0.3) is 0 Å². The monoisotopic (exact) mass is 558 g/mol. The highest BCUT2D eigenvalue weighted by molar-refractivity contribution is 5.99. The number of rotatable bonds is 9. The molecule has 0 aromatic heterocycles. The Bertz CT molecular complexity index is 1250. The molecule has 3 aliphatic carbocycles. The van der Waals surface area contributed by atoms with Crippen LogP contribution in [0.15, 0.2) is 36.4 Å². The Balaban J connectivity index is 1.30. The summed E-state index contributed by atoms with van der Waals surface area (Å²) < 4.78 is 51.8. The van der Waals surface area contributed by atoms with E-state index in [2.05, 4.69) is 10.6 Å². The number of halogens is 3. The van der Waals surface area contributed by atoms with Crippen LogP contribution in [0, 0.1) is 29.5 Å². The van der Waals surface area contributed by atoms with E-state index in [1.54, 1.807) is 0 Å². The summed E-state index contributed by atoms with van der Waals surface area (Å²) in [6, 6.07) is 7.44. The number of benzene rings is 2. The van der Waals surface area contributed by atoms with Gasteiger partial charge in [0.2, 0.25) is 5.91 Å². The zero-order valence-electron chi connectivity index (χ0n) is 22.2. The van der Waals surface area contributed by atoms with E-state index < -0.39 is 30.1 Å². The molecule has 3 saturated carbocycles. The minimum atomic E-state index is -2.60. The first kappa shape index (κ1) is 28.0. The second-order valence-corrected chi connectivity index (χ2v) is 11.0. The van der Waals surface area contributed by atoms with E-state index in [0.717, 1.165) is 31.6 Å². The standard InChI is InChI=1S/C30H33F3N2O5/c1-39-24-14-23(31)25(40-21-10-2-16(15-36)3-11-21)13-22(24)29(37)35-27-19-5-4-18(12-19)26(27)30(38)34-20-8-6-17(7-9-20)28(32)33/h6-9,13-16,18-19,21,26-28H,2-5,10-12H2,1H3,(H,34,38)(H,35,37). The molecule has 0 radical (unpaired) electrons. The number of anilines is 1. The Kier molecular flexibility index (Phi) is 8.32. The van der Waals surface area contributed by atoms with Crippen LogP contribution in [0.5, 0.6) is 11.5 Å². The minimum Gasteiger partial charge on any atom is -0.496 e. The maximum atomic E-state index is 14.9. The maximum absolute atomic E-state index is 14.9. The fourth-order valence-corrected chi connectivity index (χ4v) is 6.54. The zero-order chi connectivity index (χ0) is 28.4. The molecule has 4 atom stereocenters. The van der Waals surface area contributed by atoms with Crippen molar-refractivity contribution in [3.05, 3.63) is 53.3 Å². The van der Waals surface area contributed by atoms with Gasteiger partial charge in [0.15, 0.2) is 11.6 Å². The van der Waals surface area contributed by atoms with E-state index in [-0.39, 0.29) is 52.4 Å². The molecule has 5 rings (SSSR count). The summed E-state index contributed by atoms with van der Waals surface area (Å²) >= 11 is 0. The van der Waals surface area contributed by atoms with Crippen molar-refractivity contribution in [3.8, 4) is 11.5 Å². The molecule has 0 aliphatic heterocycles. The van der Waals surface area contributed by atoms with E-state index in [4.69, 9.17) is 9.47 Å². The predicted octanol–water partition coefficient (Wildman–Crippen LogP) is 5.69. The minimum absolute atomic E-state index is 0.00852. The lowest BCUT2D eigenvalue weighted by Gasteiger charge is -2.31. The second-order valence-electron chi connectivity index (χ2n) is 11.0. The van der Waals surface area contributed by atoms with Gasteiger partial charge in [0.1, 0.15) is 12.0 Å². The molecular formula is C30H33F3N2O5. The third kappa shape index (κ3) is 5.81. The lowest BCUT2D eigenvalue weighted by atomic mass is 9.83. The number of fused-ring (bicyclic) bond motifs is 2. The van der Waals surface area contributed by atoms with Gasteiger partial charge in [-0.3, -0.25) is 9.59 Å². The summed E-state index contributed by atoms with van der Waals surface area (Å²) in [5, 5.41) is 5.83. The van der Waals surface area contributed by atoms with Crippen LogP contribution in [0.1, 0.15) is 67.3 Å². The second kappa shape index (κ2) is 11.9. The molecule has 0 saturated heterocycles.